The van der Waals surface area contributed by atoms with Crippen LogP contribution < -0.4 is 5.32 Å². The summed E-state index contributed by atoms with van der Waals surface area (Å²) >= 11 is 0. The quantitative estimate of drug-likeness (QED) is 0.822. The Bertz CT molecular complexity index is 915. The zero-order valence-corrected chi connectivity index (χ0v) is 16.7. The van der Waals surface area contributed by atoms with Gasteiger partial charge in [-0.3, -0.25) is 4.79 Å². The van der Waals surface area contributed by atoms with Crippen molar-refractivity contribution in [2.24, 2.45) is 0 Å². The first-order chi connectivity index (χ1) is 12.9. The number of anilines is 1. The molecule has 1 amide bonds. The Balaban J connectivity index is 1.71. The number of nitrogens with one attached hydrogen (secondary N) is 1. The Kier molecular flexibility index (Phi) is 5.97. The average Bonchev–Trinajstić information content (AvgIpc) is 3.19. The molecule has 2 aromatic carbocycles. The summed E-state index contributed by atoms with van der Waals surface area (Å²) in [6, 6.07) is 12.8. The molecule has 1 aliphatic heterocycles. The predicted molar refractivity (Wildman–Crippen MR) is 108 cm³/mol. The van der Waals surface area contributed by atoms with E-state index in [9.17, 15) is 13.2 Å². The van der Waals surface area contributed by atoms with Crippen molar-refractivity contribution in [3.8, 4) is 0 Å². The number of aryl methyl sites for hydroxylation is 2. The van der Waals surface area contributed by atoms with Crippen LogP contribution in [-0.2, 0) is 22.2 Å². The number of amides is 1. The monoisotopic (exact) mass is 386 g/mol. The lowest BCUT2D eigenvalue weighted by molar-refractivity contribution is 0.102. The molecule has 0 radical (unpaired) electrons. The summed E-state index contributed by atoms with van der Waals surface area (Å²) in [7, 11) is -3.28. The minimum absolute atomic E-state index is 0.0212. The number of carbonyl (C=O) groups is 1. The van der Waals surface area contributed by atoms with Crippen molar-refractivity contribution in [3.05, 3.63) is 64.7 Å². The fourth-order valence-electron chi connectivity index (χ4n) is 3.41. The van der Waals surface area contributed by atoms with E-state index >= 15 is 0 Å². The van der Waals surface area contributed by atoms with E-state index in [1.165, 1.54) is 0 Å². The van der Waals surface area contributed by atoms with Gasteiger partial charge in [0, 0.05) is 24.3 Å². The third-order valence-electron chi connectivity index (χ3n) is 5.00. The minimum Gasteiger partial charge on any atom is -0.321 e. The highest BCUT2D eigenvalue weighted by molar-refractivity contribution is 7.88. The molecule has 0 aliphatic carbocycles. The van der Waals surface area contributed by atoms with Gasteiger partial charge >= 0.3 is 0 Å². The first-order valence-electron chi connectivity index (χ1n) is 9.37. The lowest BCUT2D eigenvalue weighted by Gasteiger charge is -2.15. The van der Waals surface area contributed by atoms with Crippen LogP contribution in [0.1, 0.15) is 46.8 Å². The zero-order valence-electron chi connectivity index (χ0n) is 15.9. The number of benzene rings is 2. The molecule has 0 saturated carbocycles. The van der Waals surface area contributed by atoms with Gasteiger partial charge in [0.25, 0.3) is 5.91 Å². The smallest absolute Gasteiger partial charge is 0.255 e. The van der Waals surface area contributed by atoms with Gasteiger partial charge < -0.3 is 5.32 Å². The Morgan fingerprint density at radius 2 is 1.74 bits per heavy atom. The highest BCUT2D eigenvalue weighted by Gasteiger charge is 2.25. The Labute approximate surface area is 161 Å². The SMILES string of the molecule is CCc1cccc(C)c1NC(=O)c1ccc(CS(=O)(=O)N2CCCC2)cc1. The van der Waals surface area contributed by atoms with Crippen LogP contribution in [0.2, 0.25) is 0 Å². The molecule has 1 aliphatic rings. The standard InChI is InChI=1S/C21H26N2O3S/c1-3-18-8-6-7-16(2)20(18)22-21(24)19-11-9-17(10-12-19)15-27(25,26)23-13-4-5-14-23/h6-12H,3-5,13-15H2,1-2H3,(H,22,24). The van der Waals surface area contributed by atoms with E-state index in [-0.39, 0.29) is 11.7 Å². The molecule has 6 heteroatoms. The van der Waals surface area contributed by atoms with Gasteiger partial charge in [0.1, 0.15) is 0 Å². The molecular weight excluding hydrogens is 360 g/mol. The number of sulfonamides is 1. The topological polar surface area (TPSA) is 66.5 Å². The van der Waals surface area contributed by atoms with Crippen molar-refractivity contribution in [2.75, 3.05) is 18.4 Å². The maximum absolute atomic E-state index is 12.6. The van der Waals surface area contributed by atoms with Crippen LogP contribution in [0.3, 0.4) is 0 Å². The van der Waals surface area contributed by atoms with Crippen LogP contribution in [0.25, 0.3) is 0 Å². The summed E-state index contributed by atoms with van der Waals surface area (Å²) in [6.45, 7) is 5.25. The van der Waals surface area contributed by atoms with Gasteiger partial charge in [0.15, 0.2) is 0 Å². The Morgan fingerprint density at radius 3 is 2.37 bits per heavy atom. The fraction of sp³-hybridized carbons (Fsp3) is 0.381. The predicted octanol–water partition coefficient (Wildman–Crippen LogP) is 3.74. The summed E-state index contributed by atoms with van der Waals surface area (Å²) in [6.07, 6.45) is 2.69. The molecule has 144 valence electrons. The minimum atomic E-state index is -3.28. The van der Waals surface area contributed by atoms with Crippen molar-refractivity contribution in [1.82, 2.24) is 4.31 Å². The van der Waals surface area contributed by atoms with Crippen molar-refractivity contribution in [1.29, 1.82) is 0 Å². The van der Waals surface area contributed by atoms with Crippen LogP contribution in [0, 0.1) is 6.92 Å². The van der Waals surface area contributed by atoms with E-state index in [2.05, 4.69) is 12.2 Å². The van der Waals surface area contributed by atoms with E-state index in [1.54, 1.807) is 28.6 Å². The molecule has 1 saturated heterocycles. The molecule has 1 N–H and O–H groups in total. The first-order valence-corrected chi connectivity index (χ1v) is 11.0. The number of hydrogen-bond donors (Lipinski definition) is 1. The van der Waals surface area contributed by atoms with E-state index < -0.39 is 10.0 Å². The zero-order chi connectivity index (χ0) is 19.4. The number of hydrogen-bond acceptors (Lipinski definition) is 3. The average molecular weight is 387 g/mol. The molecule has 3 rings (SSSR count). The molecule has 0 spiro atoms. The van der Waals surface area contributed by atoms with Gasteiger partial charge in [0.05, 0.1) is 5.75 Å². The van der Waals surface area contributed by atoms with E-state index in [4.69, 9.17) is 0 Å². The fourth-order valence-corrected chi connectivity index (χ4v) is 5.02. The largest absolute Gasteiger partial charge is 0.321 e. The van der Waals surface area contributed by atoms with Gasteiger partial charge in [-0.1, -0.05) is 37.3 Å². The van der Waals surface area contributed by atoms with Crippen LogP contribution in [0.4, 0.5) is 5.69 Å². The number of rotatable bonds is 6. The van der Waals surface area contributed by atoms with E-state index in [1.807, 2.05) is 25.1 Å². The molecule has 0 bridgehead atoms. The van der Waals surface area contributed by atoms with Crippen molar-refractivity contribution in [3.63, 3.8) is 0 Å². The van der Waals surface area contributed by atoms with Crippen LogP contribution >= 0.6 is 0 Å². The highest BCUT2D eigenvalue weighted by Crippen LogP contribution is 2.22. The van der Waals surface area contributed by atoms with Gasteiger partial charge in [-0.15, -0.1) is 0 Å². The van der Waals surface area contributed by atoms with Crippen LogP contribution in [-0.4, -0.2) is 31.7 Å². The van der Waals surface area contributed by atoms with Crippen LogP contribution in [0.15, 0.2) is 42.5 Å². The summed E-state index contributed by atoms with van der Waals surface area (Å²) in [5.41, 5.74) is 4.18. The molecule has 0 unspecified atom stereocenters. The molecule has 5 nitrogen and oxygen atoms in total. The van der Waals surface area contributed by atoms with Gasteiger partial charge in [-0.25, -0.2) is 12.7 Å². The first kappa shape index (κ1) is 19.6. The summed E-state index contributed by atoms with van der Waals surface area (Å²) in [5.74, 6) is -0.208. The summed E-state index contributed by atoms with van der Waals surface area (Å²) < 4.78 is 26.4. The molecule has 27 heavy (non-hydrogen) atoms. The molecule has 1 fully saturated rings. The van der Waals surface area contributed by atoms with Gasteiger partial charge in [-0.05, 0) is 55.0 Å². The van der Waals surface area contributed by atoms with Crippen molar-refractivity contribution < 1.29 is 13.2 Å². The second-order valence-corrected chi connectivity index (χ2v) is 8.94. The number of nitrogens with zero attached hydrogens (tertiary/aromatic N) is 1. The lowest BCUT2D eigenvalue weighted by atomic mass is 10.1. The highest BCUT2D eigenvalue weighted by atomic mass is 32.2. The molecule has 0 aromatic heterocycles. The normalized spacial score (nSPS) is 15.0. The number of para-hydroxylation sites is 1. The molecule has 1 heterocycles. The van der Waals surface area contributed by atoms with E-state index in [0.717, 1.165) is 36.1 Å². The third-order valence-corrected chi connectivity index (χ3v) is 6.85. The van der Waals surface area contributed by atoms with Gasteiger partial charge in [0.2, 0.25) is 10.0 Å². The van der Waals surface area contributed by atoms with E-state index in [0.29, 0.717) is 24.2 Å². The second-order valence-electron chi connectivity index (χ2n) is 6.98. The Hall–Kier alpha value is -2.18. The second kappa shape index (κ2) is 8.23. The van der Waals surface area contributed by atoms with Crippen LogP contribution in [0.5, 0.6) is 0 Å². The third kappa shape index (κ3) is 4.57. The Morgan fingerprint density at radius 1 is 1.07 bits per heavy atom. The van der Waals surface area contributed by atoms with Crippen molar-refractivity contribution >= 4 is 21.6 Å². The summed E-state index contributed by atoms with van der Waals surface area (Å²) in [5, 5.41) is 2.99. The van der Waals surface area contributed by atoms with Gasteiger partial charge in [-0.2, -0.15) is 0 Å². The molecule has 0 atom stereocenters. The lowest BCUT2D eigenvalue weighted by Crippen LogP contribution is -2.29. The molecular formula is C21H26N2O3S. The molecule has 2 aromatic rings. The summed E-state index contributed by atoms with van der Waals surface area (Å²) in [4.78, 5) is 12.6. The van der Waals surface area contributed by atoms with Crippen molar-refractivity contribution in [2.45, 2.75) is 38.9 Å². The maximum Gasteiger partial charge on any atom is 0.255 e. The maximum atomic E-state index is 12.6. The number of carbonyl (C=O) groups excluding carboxylic acids is 1.